The Labute approximate surface area is 326 Å². The number of aliphatic hydroxyl groups excluding tert-OH is 3. The summed E-state index contributed by atoms with van der Waals surface area (Å²) in [6.07, 6.45) is 22.0. The van der Waals surface area contributed by atoms with Crippen molar-refractivity contribution in [1.29, 1.82) is 0 Å². The van der Waals surface area contributed by atoms with Crippen molar-refractivity contribution in [2.75, 3.05) is 47.5 Å². The van der Waals surface area contributed by atoms with Crippen LogP contribution in [0.25, 0.3) is 0 Å². The number of phosphoric acid groups is 1. The van der Waals surface area contributed by atoms with Crippen molar-refractivity contribution in [1.82, 2.24) is 0 Å². The molecule has 1 fully saturated rings. The molecule has 0 aliphatic heterocycles. The average Bonchev–Trinajstić information content (AvgIpc) is 3.37. The van der Waals surface area contributed by atoms with E-state index >= 15 is 0 Å². The minimum absolute atomic E-state index is 0.0868. The zero-order chi connectivity index (χ0) is 40.2. The summed E-state index contributed by atoms with van der Waals surface area (Å²) in [4.78, 5) is 37.7. The van der Waals surface area contributed by atoms with Crippen LogP contribution in [-0.2, 0) is 32.7 Å². The summed E-state index contributed by atoms with van der Waals surface area (Å²) in [5, 5.41) is 31.4. The first kappa shape index (κ1) is 50.4. The number of rotatable bonds is 33. The molecule has 0 saturated heterocycles. The largest absolute Gasteiger partial charge is 0.756 e. The lowest BCUT2D eigenvalue weighted by molar-refractivity contribution is -0.870. The van der Waals surface area contributed by atoms with Gasteiger partial charge in [0.25, 0.3) is 7.82 Å². The van der Waals surface area contributed by atoms with Crippen LogP contribution in [0.2, 0.25) is 0 Å². The van der Waals surface area contributed by atoms with Gasteiger partial charge in [0, 0.05) is 18.8 Å². The molecule has 0 radical (unpaired) electrons. The van der Waals surface area contributed by atoms with Gasteiger partial charge in [0.15, 0.2) is 6.10 Å². The predicted octanol–water partition coefficient (Wildman–Crippen LogP) is 6.93. The number of quaternary nitrogens is 1. The van der Waals surface area contributed by atoms with E-state index in [-0.39, 0.29) is 44.3 Å². The summed E-state index contributed by atoms with van der Waals surface area (Å²) in [7, 11) is 0.972. The van der Waals surface area contributed by atoms with E-state index in [1.807, 2.05) is 21.1 Å². The van der Waals surface area contributed by atoms with Crippen molar-refractivity contribution in [3.05, 3.63) is 24.3 Å². The van der Waals surface area contributed by atoms with Crippen molar-refractivity contribution in [2.45, 2.75) is 167 Å². The Morgan fingerprint density at radius 1 is 0.815 bits per heavy atom. The van der Waals surface area contributed by atoms with E-state index in [1.165, 1.54) is 51.4 Å². The number of carbonyl (C=O) groups is 2. The molecule has 0 aromatic heterocycles. The summed E-state index contributed by atoms with van der Waals surface area (Å²) >= 11 is 0. The number of likely N-dealkylation sites (N-methyl/N-ethyl adjacent to an activating group) is 1. The Kier molecular flexibility index (Phi) is 27.6. The van der Waals surface area contributed by atoms with Crippen LogP contribution in [0.1, 0.15) is 142 Å². The van der Waals surface area contributed by atoms with Crippen LogP contribution in [0, 0.1) is 11.8 Å². The number of hydrogen-bond donors (Lipinski definition) is 3. The normalized spacial score (nSPS) is 21.4. The first-order chi connectivity index (χ1) is 25.7. The number of ether oxygens (including phenoxy) is 2. The topological polar surface area (TPSA) is 172 Å². The third-order valence-electron chi connectivity index (χ3n) is 9.83. The molecule has 0 aromatic rings. The third-order valence-corrected chi connectivity index (χ3v) is 10.8. The van der Waals surface area contributed by atoms with E-state index < -0.39 is 50.8 Å². The predicted molar refractivity (Wildman–Crippen MR) is 210 cm³/mol. The van der Waals surface area contributed by atoms with Gasteiger partial charge in [0.1, 0.15) is 19.8 Å². The van der Waals surface area contributed by atoms with Gasteiger partial charge >= 0.3 is 11.9 Å². The van der Waals surface area contributed by atoms with Crippen molar-refractivity contribution in [3.8, 4) is 0 Å². The van der Waals surface area contributed by atoms with Crippen LogP contribution in [0.15, 0.2) is 24.3 Å². The summed E-state index contributed by atoms with van der Waals surface area (Å²) in [6.45, 7) is 3.72. The van der Waals surface area contributed by atoms with Crippen LogP contribution in [0.5, 0.6) is 0 Å². The molecule has 13 heteroatoms. The number of aliphatic hydroxyl groups is 3. The molecule has 1 saturated carbocycles. The molecule has 0 heterocycles. The van der Waals surface area contributed by atoms with Gasteiger partial charge in [0.2, 0.25) is 0 Å². The number of phosphoric ester groups is 1. The molecular formula is C41H76NO11P. The van der Waals surface area contributed by atoms with E-state index in [4.69, 9.17) is 18.5 Å². The Balaban J connectivity index is 2.61. The fourth-order valence-corrected chi connectivity index (χ4v) is 7.18. The smallest absolute Gasteiger partial charge is 0.310 e. The highest BCUT2D eigenvalue weighted by molar-refractivity contribution is 7.45. The first-order valence-electron chi connectivity index (χ1n) is 20.8. The maximum atomic E-state index is 12.8. The molecule has 12 nitrogen and oxygen atoms in total. The van der Waals surface area contributed by atoms with E-state index in [9.17, 15) is 34.4 Å². The second-order valence-electron chi connectivity index (χ2n) is 16.0. The monoisotopic (exact) mass is 790 g/mol. The molecule has 1 aliphatic carbocycles. The van der Waals surface area contributed by atoms with Gasteiger partial charge < -0.3 is 43.2 Å². The molecular weight excluding hydrogens is 713 g/mol. The summed E-state index contributed by atoms with van der Waals surface area (Å²) < 4.78 is 33.7. The van der Waals surface area contributed by atoms with Crippen LogP contribution in [0.3, 0.4) is 0 Å². The summed E-state index contributed by atoms with van der Waals surface area (Å²) in [6, 6.07) is 0. The molecule has 1 unspecified atom stereocenters. The van der Waals surface area contributed by atoms with Crippen LogP contribution >= 0.6 is 7.82 Å². The van der Waals surface area contributed by atoms with E-state index in [1.54, 1.807) is 24.3 Å². The van der Waals surface area contributed by atoms with Gasteiger partial charge in [-0.2, -0.15) is 0 Å². The lowest BCUT2D eigenvalue weighted by Gasteiger charge is -2.28. The molecule has 0 bridgehead atoms. The molecule has 1 rings (SSSR count). The fourth-order valence-electron chi connectivity index (χ4n) is 6.45. The molecule has 7 atom stereocenters. The molecule has 0 aromatic carbocycles. The molecule has 54 heavy (non-hydrogen) atoms. The second-order valence-corrected chi connectivity index (χ2v) is 17.4. The van der Waals surface area contributed by atoms with Crippen LogP contribution < -0.4 is 4.89 Å². The van der Waals surface area contributed by atoms with Crippen molar-refractivity contribution >= 4 is 19.8 Å². The molecule has 0 spiro atoms. The zero-order valence-electron chi connectivity index (χ0n) is 34.2. The lowest BCUT2D eigenvalue weighted by Crippen LogP contribution is -2.37. The average molecular weight is 790 g/mol. The van der Waals surface area contributed by atoms with E-state index in [0.717, 1.165) is 38.5 Å². The number of carbonyl (C=O) groups excluding carboxylic acids is 2. The summed E-state index contributed by atoms with van der Waals surface area (Å²) in [5.74, 6) is -1.76. The standard InChI is InChI=1S/C41H76NO11P/c1-6-8-10-11-12-13-14-15-16-17-18-20-25-40(46)50-32-35(33-52-54(48,49)51-30-29-42(3,4)5)53-41(47)26-22-21-24-36-37(39(45)31-38(36)44)28-27-34(43)23-19-9-7-2/h21-22,27-28,34-39,43-45H,6-20,23-26,29-33H2,1-5H3/b22-21-,28-27+/t34-,35-,36+,37-,38+,39-/m1/s1. The lowest BCUT2D eigenvalue weighted by atomic mass is 9.89. The Morgan fingerprint density at radius 3 is 2.02 bits per heavy atom. The van der Waals surface area contributed by atoms with Crippen LogP contribution in [-0.4, -0.2) is 104 Å². The maximum Gasteiger partial charge on any atom is 0.310 e. The number of esters is 2. The van der Waals surface area contributed by atoms with Gasteiger partial charge in [-0.1, -0.05) is 128 Å². The minimum atomic E-state index is -4.71. The van der Waals surface area contributed by atoms with Crippen molar-refractivity contribution in [2.24, 2.45) is 11.8 Å². The van der Waals surface area contributed by atoms with Gasteiger partial charge in [0.05, 0.1) is 52.5 Å². The SMILES string of the molecule is CCCCCCCCCCCCCCC(=O)OC[C@H](COP(=O)([O-])OCC[N+](C)(C)C)OC(=O)C/C=C\C[C@H]1[C@@H](/C=C/[C@H](O)CCCCC)[C@H](O)C[C@@H]1O. The van der Waals surface area contributed by atoms with Crippen molar-refractivity contribution < 1.29 is 57.4 Å². The van der Waals surface area contributed by atoms with E-state index in [0.29, 0.717) is 30.3 Å². The first-order valence-corrected chi connectivity index (χ1v) is 22.3. The fraction of sp³-hybridized carbons (Fsp3) is 0.854. The number of unbranched alkanes of at least 4 members (excludes halogenated alkanes) is 13. The second kappa shape index (κ2) is 29.6. The van der Waals surface area contributed by atoms with Gasteiger partial charge in [-0.15, -0.1) is 0 Å². The molecule has 316 valence electrons. The van der Waals surface area contributed by atoms with Crippen LogP contribution in [0.4, 0.5) is 0 Å². The highest BCUT2D eigenvalue weighted by Gasteiger charge is 2.39. The summed E-state index contributed by atoms with van der Waals surface area (Å²) in [5.41, 5.74) is 0. The molecule has 3 N–H and O–H groups in total. The van der Waals surface area contributed by atoms with Crippen molar-refractivity contribution in [3.63, 3.8) is 0 Å². The quantitative estimate of drug-likeness (QED) is 0.0207. The molecule has 0 amide bonds. The van der Waals surface area contributed by atoms with Gasteiger partial charge in [-0.3, -0.25) is 14.2 Å². The molecule has 1 aliphatic rings. The number of allylic oxidation sites excluding steroid dienone is 1. The highest BCUT2D eigenvalue weighted by atomic mass is 31.2. The van der Waals surface area contributed by atoms with Gasteiger partial charge in [-0.25, -0.2) is 0 Å². The third kappa shape index (κ3) is 26.3. The maximum absolute atomic E-state index is 12.8. The number of nitrogens with zero attached hydrogens (tertiary/aromatic N) is 1. The Morgan fingerprint density at radius 2 is 1.41 bits per heavy atom. The zero-order valence-corrected chi connectivity index (χ0v) is 35.1. The number of hydrogen-bond acceptors (Lipinski definition) is 11. The Hall–Kier alpha value is -1.63. The van der Waals surface area contributed by atoms with Gasteiger partial charge in [-0.05, 0) is 25.2 Å². The van der Waals surface area contributed by atoms with E-state index in [2.05, 4.69) is 13.8 Å². The minimum Gasteiger partial charge on any atom is -0.756 e. The Bertz CT molecular complexity index is 1100. The highest BCUT2D eigenvalue weighted by Crippen LogP contribution is 2.38.